The first-order valence-electron chi connectivity index (χ1n) is 10.8. The number of nitro groups is 2. The molecule has 27 heavy (non-hydrogen) atoms. The van der Waals surface area contributed by atoms with Gasteiger partial charge in [-0.05, 0) is 6.42 Å². The van der Waals surface area contributed by atoms with Gasteiger partial charge in [0.15, 0.2) is 0 Å². The summed E-state index contributed by atoms with van der Waals surface area (Å²) in [5.74, 6) is 0. The van der Waals surface area contributed by atoms with Gasteiger partial charge in [-0.3, -0.25) is 25.0 Å². The van der Waals surface area contributed by atoms with Crippen molar-refractivity contribution in [3.05, 3.63) is 20.2 Å². The van der Waals surface area contributed by atoms with Gasteiger partial charge >= 0.3 is 5.66 Å². The van der Waals surface area contributed by atoms with Gasteiger partial charge in [-0.25, -0.2) is 0 Å². The zero-order valence-corrected chi connectivity index (χ0v) is 17.0. The molecule has 0 aromatic rings. The van der Waals surface area contributed by atoms with Crippen LogP contribution in [0.4, 0.5) is 0 Å². The fourth-order valence-electron chi connectivity index (χ4n) is 3.33. The van der Waals surface area contributed by atoms with Crippen LogP contribution in [-0.4, -0.2) is 21.8 Å². The maximum Gasteiger partial charge on any atom is 0.512 e. The van der Waals surface area contributed by atoms with E-state index < -0.39 is 15.5 Å². The van der Waals surface area contributed by atoms with Crippen LogP contribution in [0, 0.1) is 20.2 Å². The minimum Gasteiger partial charge on any atom is -0.287 e. The van der Waals surface area contributed by atoms with E-state index in [9.17, 15) is 25.0 Å². The van der Waals surface area contributed by atoms with Crippen molar-refractivity contribution < 1.29 is 14.6 Å². The first kappa shape index (κ1) is 25.5. The molecule has 0 radical (unpaired) electrons. The molecule has 0 bridgehead atoms. The highest BCUT2D eigenvalue weighted by Gasteiger charge is 2.55. The normalized spacial score (nSPS) is 11.4. The second kappa shape index (κ2) is 16.6. The summed E-state index contributed by atoms with van der Waals surface area (Å²) in [4.78, 5) is 30.3. The minimum absolute atomic E-state index is 0.141. The zero-order valence-electron chi connectivity index (χ0n) is 17.0. The van der Waals surface area contributed by atoms with Crippen molar-refractivity contribution in [2.45, 2.75) is 122 Å². The Labute approximate surface area is 163 Å². The lowest BCUT2D eigenvalue weighted by molar-refractivity contribution is -0.774. The predicted octanol–water partition coefficient (Wildman–Crippen LogP) is 6.09. The minimum atomic E-state index is -2.66. The van der Waals surface area contributed by atoms with Crippen LogP contribution < -0.4 is 0 Å². The molecule has 0 N–H and O–H groups in total. The highest BCUT2D eigenvalue weighted by atomic mass is 16.7. The number of hydrogen-bond donors (Lipinski definition) is 0. The van der Waals surface area contributed by atoms with Crippen LogP contribution in [0.2, 0.25) is 0 Å². The Morgan fingerprint density at radius 1 is 0.630 bits per heavy atom. The number of hydrogen-bond acceptors (Lipinski definition) is 5. The van der Waals surface area contributed by atoms with Crippen molar-refractivity contribution >= 4 is 6.29 Å². The van der Waals surface area contributed by atoms with E-state index in [4.69, 9.17) is 0 Å². The van der Waals surface area contributed by atoms with Crippen molar-refractivity contribution in [3.8, 4) is 0 Å². The third kappa shape index (κ3) is 11.7. The number of unbranched alkanes of at least 4 members (excludes halogenated alkanes) is 15. The lowest BCUT2D eigenvalue weighted by atomic mass is 10.0. The molecule has 0 spiro atoms. The monoisotopic (exact) mass is 386 g/mol. The number of carbonyl (C=O) groups excluding carboxylic acids is 1. The van der Waals surface area contributed by atoms with Crippen LogP contribution in [0.1, 0.15) is 116 Å². The Bertz CT molecular complexity index is 401. The van der Waals surface area contributed by atoms with Gasteiger partial charge in [0.05, 0.1) is 6.42 Å². The lowest BCUT2D eigenvalue weighted by Gasteiger charge is -2.10. The Morgan fingerprint density at radius 2 is 0.926 bits per heavy atom. The molecule has 0 amide bonds. The average Bonchev–Trinajstić information content (AvgIpc) is 2.64. The van der Waals surface area contributed by atoms with E-state index in [0.29, 0.717) is 12.8 Å². The molecular formula is C20H38N2O5. The van der Waals surface area contributed by atoms with Crippen molar-refractivity contribution in [2.24, 2.45) is 0 Å². The highest BCUT2D eigenvalue weighted by molar-refractivity contribution is 5.59. The Hall–Kier alpha value is -1.53. The molecule has 0 saturated heterocycles. The van der Waals surface area contributed by atoms with Crippen molar-refractivity contribution in [1.82, 2.24) is 0 Å². The molecule has 0 saturated carbocycles. The van der Waals surface area contributed by atoms with E-state index in [1.807, 2.05) is 0 Å². The highest BCUT2D eigenvalue weighted by Crippen LogP contribution is 2.19. The molecule has 0 unspecified atom stereocenters. The SMILES string of the molecule is CCCCCCCCCCCCCCCCCCC(C=O)([N+](=O)[O-])[N+](=O)[O-]. The van der Waals surface area contributed by atoms with Gasteiger partial charge in [0.1, 0.15) is 9.85 Å². The van der Waals surface area contributed by atoms with E-state index >= 15 is 0 Å². The second-order valence-corrected chi connectivity index (χ2v) is 7.56. The van der Waals surface area contributed by atoms with Crippen LogP contribution in [0.3, 0.4) is 0 Å². The fraction of sp³-hybridized carbons (Fsp3) is 0.950. The molecule has 0 aliphatic carbocycles. The lowest BCUT2D eigenvalue weighted by Crippen LogP contribution is -2.47. The summed E-state index contributed by atoms with van der Waals surface area (Å²) in [5.41, 5.74) is -2.66. The van der Waals surface area contributed by atoms with Gasteiger partial charge < -0.3 is 0 Å². The number of aldehydes is 1. The molecule has 7 heteroatoms. The largest absolute Gasteiger partial charge is 0.512 e. The van der Waals surface area contributed by atoms with Gasteiger partial charge in [-0.15, -0.1) is 0 Å². The van der Waals surface area contributed by atoms with E-state index in [1.165, 1.54) is 70.6 Å². The second-order valence-electron chi connectivity index (χ2n) is 7.56. The van der Waals surface area contributed by atoms with Crippen LogP contribution in [0.5, 0.6) is 0 Å². The molecule has 0 aliphatic rings. The average molecular weight is 387 g/mol. The van der Waals surface area contributed by atoms with E-state index in [-0.39, 0.29) is 12.7 Å². The molecule has 0 aromatic heterocycles. The third-order valence-electron chi connectivity index (χ3n) is 5.22. The molecule has 0 rings (SSSR count). The molecule has 0 heterocycles. The number of carbonyl (C=O) groups is 1. The van der Waals surface area contributed by atoms with Gasteiger partial charge in [-0.2, -0.15) is 0 Å². The van der Waals surface area contributed by atoms with Crippen molar-refractivity contribution in [3.63, 3.8) is 0 Å². The smallest absolute Gasteiger partial charge is 0.287 e. The van der Waals surface area contributed by atoms with Gasteiger partial charge in [0.25, 0.3) is 6.29 Å². The number of nitrogens with zero attached hydrogens (tertiary/aromatic N) is 2. The molecule has 0 aliphatic heterocycles. The Morgan fingerprint density at radius 3 is 1.19 bits per heavy atom. The molecule has 7 nitrogen and oxygen atoms in total. The molecule has 0 fully saturated rings. The maximum absolute atomic E-state index is 10.8. The van der Waals surface area contributed by atoms with Gasteiger partial charge in [0.2, 0.25) is 0 Å². The van der Waals surface area contributed by atoms with E-state index in [2.05, 4.69) is 6.92 Å². The van der Waals surface area contributed by atoms with E-state index in [0.717, 1.165) is 19.3 Å². The van der Waals surface area contributed by atoms with Crippen LogP contribution in [-0.2, 0) is 4.79 Å². The fourth-order valence-corrected chi connectivity index (χ4v) is 3.33. The first-order chi connectivity index (χ1) is 13.0. The molecule has 0 aromatic carbocycles. The van der Waals surface area contributed by atoms with Crippen molar-refractivity contribution in [2.75, 3.05) is 0 Å². The molecular weight excluding hydrogens is 348 g/mol. The van der Waals surface area contributed by atoms with Crippen LogP contribution >= 0.6 is 0 Å². The Kier molecular flexibility index (Phi) is 15.7. The standard InChI is InChI=1S/C20H38N2O5/c1-2-3-4-5-6-7-8-9-10-11-12-13-14-15-16-17-18-20(19-23,21(24)25)22(26)27/h19H,2-18H2,1H3. The summed E-state index contributed by atoms with van der Waals surface area (Å²) < 4.78 is 0. The molecule has 158 valence electrons. The van der Waals surface area contributed by atoms with Crippen LogP contribution in [0.25, 0.3) is 0 Å². The van der Waals surface area contributed by atoms with Crippen molar-refractivity contribution in [1.29, 1.82) is 0 Å². The third-order valence-corrected chi connectivity index (χ3v) is 5.22. The predicted molar refractivity (Wildman–Crippen MR) is 107 cm³/mol. The quantitative estimate of drug-likeness (QED) is 0.0828. The maximum atomic E-state index is 10.8. The summed E-state index contributed by atoms with van der Waals surface area (Å²) >= 11 is 0. The van der Waals surface area contributed by atoms with Gasteiger partial charge in [-0.1, -0.05) is 103 Å². The summed E-state index contributed by atoms with van der Waals surface area (Å²) in [6, 6.07) is 0. The summed E-state index contributed by atoms with van der Waals surface area (Å²) in [6.07, 6.45) is 18.2. The van der Waals surface area contributed by atoms with E-state index in [1.54, 1.807) is 0 Å². The summed E-state index contributed by atoms with van der Waals surface area (Å²) in [6.45, 7) is 2.24. The van der Waals surface area contributed by atoms with Gasteiger partial charge in [0, 0.05) is 0 Å². The summed E-state index contributed by atoms with van der Waals surface area (Å²) in [7, 11) is 0. The number of rotatable bonds is 20. The molecule has 0 atom stereocenters. The zero-order chi connectivity index (χ0) is 20.4. The van der Waals surface area contributed by atoms with Crippen LogP contribution in [0.15, 0.2) is 0 Å². The Balaban J connectivity index is 3.46. The first-order valence-corrected chi connectivity index (χ1v) is 10.8. The summed E-state index contributed by atoms with van der Waals surface area (Å²) in [5, 5.41) is 21.6. The topological polar surface area (TPSA) is 103 Å².